The Hall–Kier alpha value is -1.26. The second-order valence-corrected chi connectivity index (χ2v) is 4.83. The first-order chi connectivity index (χ1) is 9.10. The van der Waals surface area contributed by atoms with Gasteiger partial charge >= 0.3 is 0 Å². The quantitative estimate of drug-likeness (QED) is 0.781. The summed E-state index contributed by atoms with van der Waals surface area (Å²) in [6, 6.07) is 6.48. The molecule has 0 aliphatic heterocycles. The predicted molar refractivity (Wildman–Crippen MR) is 79.0 cm³/mol. The van der Waals surface area contributed by atoms with Gasteiger partial charge in [0.05, 0.1) is 14.2 Å². The van der Waals surface area contributed by atoms with E-state index < -0.39 is 0 Å². The number of methoxy groups -OCH3 is 2. The molecule has 1 unspecified atom stereocenters. The van der Waals surface area contributed by atoms with Crippen LogP contribution >= 0.6 is 0 Å². The average Bonchev–Trinajstić information content (AvgIpc) is 2.44. The number of rotatable bonds is 8. The molecule has 1 rings (SSSR count). The Bertz CT molecular complexity index is 382. The molecular weight excluding hydrogens is 240 g/mol. The minimum atomic E-state index is 0.457. The van der Waals surface area contributed by atoms with Crippen LogP contribution in [0.15, 0.2) is 18.2 Å². The summed E-state index contributed by atoms with van der Waals surface area (Å²) in [5, 5.41) is 3.51. The number of hydrogen-bond acceptors (Lipinski definition) is 4. The highest BCUT2D eigenvalue weighted by atomic mass is 16.5. The monoisotopic (exact) mass is 266 g/mol. The number of nitrogens with one attached hydrogen (secondary N) is 1. The fourth-order valence-electron chi connectivity index (χ4n) is 1.94. The molecule has 0 aliphatic rings. The van der Waals surface area contributed by atoms with Gasteiger partial charge < -0.3 is 19.7 Å². The maximum atomic E-state index is 5.30. The molecule has 4 nitrogen and oxygen atoms in total. The van der Waals surface area contributed by atoms with Gasteiger partial charge in [-0.25, -0.2) is 0 Å². The summed E-state index contributed by atoms with van der Waals surface area (Å²) >= 11 is 0. The van der Waals surface area contributed by atoms with Crippen LogP contribution in [0.5, 0.6) is 11.5 Å². The molecule has 0 saturated carbocycles. The maximum absolute atomic E-state index is 5.30. The third-order valence-corrected chi connectivity index (χ3v) is 3.23. The van der Waals surface area contributed by atoms with Crippen LogP contribution in [0, 0.1) is 0 Å². The molecular formula is C15H26N2O2. The van der Waals surface area contributed by atoms with Gasteiger partial charge in [0.15, 0.2) is 11.5 Å². The molecule has 1 aromatic rings. The molecule has 4 heteroatoms. The molecule has 0 radical (unpaired) electrons. The largest absolute Gasteiger partial charge is 0.493 e. The van der Waals surface area contributed by atoms with E-state index in [9.17, 15) is 0 Å². The number of ether oxygens (including phenoxy) is 2. The summed E-state index contributed by atoms with van der Waals surface area (Å²) in [4.78, 5) is 2.30. The molecule has 1 N–H and O–H groups in total. The number of hydrogen-bond donors (Lipinski definition) is 1. The van der Waals surface area contributed by atoms with Crippen molar-refractivity contribution in [2.45, 2.75) is 26.4 Å². The molecule has 0 spiro atoms. The first-order valence-electron chi connectivity index (χ1n) is 6.73. The van der Waals surface area contributed by atoms with E-state index in [4.69, 9.17) is 9.47 Å². The molecule has 0 amide bonds. The predicted octanol–water partition coefficient (Wildman–Crippen LogP) is 2.13. The van der Waals surface area contributed by atoms with Crippen LogP contribution in [0.4, 0.5) is 0 Å². The lowest BCUT2D eigenvalue weighted by molar-refractivity contribution is 0.309. The van der Waals surface area contributed by atoms with Crippen molar-refractivity contribution in [3.63, 3.8) is 0 Å². The Labute approximate surface area is 116 Å². The SMILES string of the molecule is CCN(C)CC(C)NCc1ccc(OC)c(OC)c1. The highest BCUT2D eigenvalue weighted by Gasteiger charge is 2.07. The second-order valence-electron chi connectivity index (χ2n) is 4.83. The summed E-state index contributed by atoms with van der Waals surface area (Å²) in [6.45, 7) is 7.32. The summed E-state index contributed by atoms with van der Waals surface area (Å²) in [5.74, 6) is 1.55. The number of benzene rings is 1. The third-order valence-electron chi connectivity index (χ3n) is 3.23. The zero-order valence-corrected chi connectivity index (χ0v) is 12.7. The van der Waals surface area contributed by atoms with E-state index in [1.807, 2.05) is 12.1 Å². The van der Waals surface area contributed by atoms with E-state index in [1.165, 1.54) is 5.56 Å². The number of likely N-dealkylation sites (N-methyl/N-ethyl adjacent to an activating group) is 1. The van der Waals surface area contributed by atoms with Gasteiger partial charge in [0.1, 0.15) is 0 Å². The van der Waals surface area contributed by atoms with Crippen LogP contribution < -0.4 is 14.8 Å². The van der Waals surface area contributed by atoms with Crippen molar-refractivity contribution < 1.29 is 9.47 Å². The van der Waals surface area contributed by atoms with Gasteiger partial charge in [-0.1, -0.05) is 13.0 Å². The Morgan fingerprint density at radius 1 is 1.21 bits per heavy atom. The second kappa shape index (κ2) is 8.02. The minimum absolute atomic E-state index is 0.457. The lowest BCUT2D eigenvalue weighted by atomic mass is 10.2. The summed E-state index contributed by atoms with van der Waals surface area (Å²) in [5.41, 5.74) is 1.20. The van der Waals surface area contributed by atoms with Crippen LogP contribution in [0.3, 0.4) is 0 Å². The normalized spacial score (nSPS) is 12.5. The molecule has 1 aromatic carbocycles. The standard InChI is InChI=1S/C15H26N2O2/c1-6-17(3)11-12(2)16-10-13-7-8-14(18-4)15(9-13)19-5/h7-9,12,16H,6,10-11H2,1-5H3. The molecule has 0 bridgehead atoms. The number of nitrogens with zero attached hydrogens (tertiary/aromatic N) is 1. The van der Waals surface area contributed by atoms with Crippen molar-refractivity contribution in [3.05, 3.63) is 23.8 Å². The first kappa shape index (κ1) is 15.8. The molecule has 1 atom stereocenters. The molecule has 0 heterocycles. The maximum Gasteiger partial charge on any atom is 0.161 e. The van der Waals surface area contributed by atoms with Crippen molar-refractivity contribution in [3.8, 4) is 11.5 Å². The Kier molecular flexibility index (Phi) is 6.67. The smallest absolute Gasteiger partial charge is 0.161 e. The lowest BCUT2D eigenvalue weighted by Gasteiger charge is -2.21. The van der Waals surface area contributed by atoms with E-state index in [2.05, 4.69) is 37.2 Å². The summed E-state index contributed by atoms with van der Waals surface area (Å²) < 4.78 is 10.5. The molecule has 0 fully saturated rings. The summed E-state index contributed by atoms with van der Waals surface area (Å²) in [6.07, 6.45) is 0. The zero-order chi connectivity index (χ0) is 14.3. The van der Waals surface area contributed by atoms with Gasteiger partial charge in [-0.15, -0.1) is 0 Å². The lowest BCUT2D eigenvalue weighted by Crippen LogP contribution is -2.36. The molecule has 19 heavy (non-hydrogen) atoms. The van der Waals surface area contributed by atoms with Crippen molar-refractivity contribution in [2.24, 2.45) is 0 Å². The van der Waals surface area contributed by atoms with E-state index in [0.717, 1.165) is 31.1 Å². The van der Waals surface area contributed by atoms with Crippen LogP contribution in [-0.4, -0.2) is 45.3 Å². The highest BCUT2D eigenvalue weighted by molar-refractivity contribution is 5.42. The highest BCUT2D eigenvalue weighted by Crippen LogP contribution is 2.27. The molecule has 0 aliphatic carbocycles. The van der Waals surface area contributed by atoms with Crippen molar-refractivity contribution in [1.82, 2.24) is 10.2 Å². The Morgan fingerprint density at radius 3 is 2.47 bits per heavy atom. The molecule has 0 saturated heterocycles. The van der Waals surface area contributed by atoms with Crippen molar-refractivity contribution in [1.29, 1.82) is 0 Å². The van der Waals surface area contributed by atoms with Crippen molar-refractivity contribution in [2.75, 3.05) is 34.4 Å². The van der Waals surface area contributed by atoms with E-state index in [1.54, 1.807) is 14.2 Å². The first-order valence-corrected chi connectivity index (χ1v) is 6.73. The minimum Gasteiger partial charge on any atom is -0.493 e. The van der Waals surface area contributed by atoms with Crippen molar-refractivity contribution >= 4 is 0 Å². The Morgan fingerprint density at radius 2 is 1.89 bits per heavy atom. The van der Waals surface area contributed by atoms with Gasteiger partial charge in [0.2, 0.25) is 0 Å². The van der Waals surface area contributed by atoms with E-state index in [-0.39, 0.29) is 0 Å². The molecule has 108 valence electrons. The average molecular weight is 266 g/mol. The van der Waals surface area contributed by atoms with Crippen LogP contribution in [-0.2, 0) is 6.54 Å². The van der Waals surface area contributed by atoms with Crippen LogP contribution in [0.2, 0.25) is 0 Å². The van der Waals surface area contributed by atoms with Gasteiger partial charge in [0.25, 0.3) is 0 Å². The molecule has 0 aromatic heterocycles. The fourth-order valence-corrected chi connectivity index (χ4v) is 1.94. The van der Waals surface area contributed by atoms with Gasteiger partial charge in [-0.05, 0) is 38.2 Å². The zero-order valence-electron chi connectivity index (χ0n) is 12.7. The van der Waals surface area contributed by atoms with Crippen LogP contribution in [0.1, 0.15) is 19.4 Å². The topological polar surface area (TPSA) is 33.7 Å². The Balaban J connectivity index is 2.53. The van der Waals surface area contributed by atoms with Gasteiger partial charge in [-0.2, -0.15) is 0 Å². The van der Waals surface area contributed by atoms with Gasteiger partial charge in [-0.3, -0.25) is 0 Å². The van der Waals surface area contributed by atoms with Gasteiger partial charge in [0, 0.05) is 19.1 Å². The fraction of sp³-hybridized carbons (Fsp3) is 0.600. The van der Waals surface area contributed by atoms with E-state index in [0.29, 0.717) is 6.04 Å². The summed E-state index contributed by atoms with van der Waals surface area (Å²) in [7, 11) is 5.45. The van der Waals surface area contributed by atoms with E-state index >= 15 is 0 Å². The third kappa shape index (κ3) is 5.09. The van der Waals surface area contributed by atoms with Crippen LogP contribution in [0.25, 0.3) is 0 Å².